The van der Waals surface area contributed by atoms with Crippen LogP contribution < -0.4 is 0 Å². The molecule has 2 bridgehead atoms. The van der Waals surface area contributed by atoms with E-state index in [1.807, 2.05) is 0 Å². The third kappa shape index (κ3) is 3.30. The number of ether oxygens (including phenoxy) is 1. The van der Waals surface area contributed by atoms with E-state index in [0.717, 1.165) is 24.2 Å². The highest BCUT2D eigenvalue weighted by atomic mass is 16.5. The van der Waals surface area contributed by atoms with Gasteiger partial charge in [0.05, 0.1) is 17.8 Å². The molecule has 6 saturated carbocycles. The maximum atomic E-state index is 12.2. The second-order valence-corrected chi connectivity index (χ2v) is 17.1. The van der Waals surface area contributed by atoms with Crippen LogP contribution in [0, 0.1) is 56.7 Å². The second-order valence-electron chi connectivity index (χ2n) is 17.1. The molecule has 0 aromatic carbocycles. The highest BCUT2D eigenvalue weighted by Crippen LogP contribution is 2.85. The minimum absolute atomic E-state index is 0.248. The fourth-order valence-corrected chi connectivity index (χ4v) is 13.6. The van der Waals surface area contributed by atoms with E-state index in [-0.39, 0.29) is 5.41 Å². The summed E-state index contributed by atoms with van der Waals surface area (Å²) in [5.74, 6) is 3.30. The standard InChI is InChI=1S/C35H58O2/c1-22(2)10-11-24-20-34-18-19-35(21-34)25(29(34)33(24,9)36)12-13-27-31(7)16-15-28(37-23(3)4)30(5,6)26(31)14-17-32(27,35)8/h10,23-29,36H,11-21H2,1-9H3/t24?,25?,26?,27?,28-,29?,31-,32?,33?,34?,35?/m0/s1. The van der Waals surface area contributed by atoms with Crippen molar-refractivity contribution in [3.05, 3.63) is 11.6 Å². The van der Waals surface area contributed by atoms with Gasteiger partial charge in [0, 0.05) is 0 Å². The zero-order valence-corrected chi connectivity index (χ0v) is 25.8. The van der Waals surface area contributed by atoms with Crippen molar-refractivity contribution in [2.75, 3.05) is 0 Å². The molecule has 0 aliphatic heterocycles. The summed E-state index contributed by atoms with van der Waals surface area (Å²) in [4.78, 5) is 0. The van der Waals surface area contributed by atoms with E-state index in [9.17, 15) is 5.11 Å². The number of allylic oxidation sites excluding steroid dienone is 2. The first-order valence-corrected chi connectivity index (χ1v) is 16.2. The van der Waals surface area contributed by atoms with Gasteiger partial charge in [0.2, 0.25) is 0 Å². The fourth-order valence-electron chi connectivity index (χ4n) is 13.6. The van der Waals surface area contributed by atoms with Crippen molar-refractivity contribution >= 4 is 0 Å². The predicted octanol–water partition coefficient (Wildman–Crippen LogP) is 8.96. The lowest BCUT2D eigenvalue weighted by Crippen LogP contribution is -2.65. The van der Waals surface area contributed by atoms with E-state index in [2.05, 4.69) is 68.4 Å². The molecule has 37 heavy (non-hydrogen) atoms. The van der Waals surface area contributed by atoms with Crippen molar-refractivity contribution in [1.82, 2.24) is 0 Å². The molecule has 6 fully saturated rings. The number of fused-ring (bicyclic) bond motifs is 4. The van der Waals surface area contributed by atoms with Gasteiger partial charge in [0.15, 0.2) is 0 Å². The Morgan fingerprint density at radius 2 is 1.65 bits per heavy atom. The van der Waals surface area contributed by atoms with Crippen LogP contribution in [-0.4, -0.2) is 22.9 Å². The fraction of sp³-hybridized carbons (Fsp3) is 0.943. The van der Waals surface area contributed by atoms with Gasteiger partial charge in [-0.3, -0.25) is 0 Å². The highest BCUT2D eigenvalue weighted by Gasteiger charge is 2.80. The molecule has 2 nitrogen and oxygen atoms in total. The van der Waals surface area contributed by atoms with Crippen LogP contribution in [0.2, 0.25) is 0 Å². The number of hydrogen-bond acceptors (Lipinski definition) is 2. The van der Waals surface area contributed by atoms with Gasteiger partial charge in [-0.2, -0.15) is 0 Å². The van der Waals surface area contributed by atoms with Crippen LogP contribution in [0.1, 0.15) is 133 Å². The van der Waals surface area contributed by atoms with Crippen molar-refractivity contribution in [2.24, 2.45) is 56.7 Å². The molecule has 11 atom stereocenters. The summed E-state index contributed by atoms with van der Waals surface area (Å²) in [5.41, 5.74) is 2.88. The molecule has 210 valence electrons. The van der Waals surface area contributed by atoms with Gasteiger partial charge in [0.25, 0.3) is 0 Å². The van der Waals surface area contributed by atoms with Crippen LogP contribution in [-0.2, 0) is 4.74 Å². The molecule has 0 aromatic heterocycles. The molecular formula is C35H58O2. The molecule has 0 saturated heterocycles. The smallest absolute Gasteiger partial charge is 0.0687 e. The minimum Gasteiger partial charge on any atom is -0.390 e. The van der Waals surface area contributed by atoms with Crippen LogP contribution in [0.5, 0.6) is 0 Å². The molecule has 2 heteroatoms. The minimum atomic E-state index is -0.503. The van der Waals surface area contributed by atoms with Crippen LogP contribution in [0.15, 0.2) is 11.6 Å². The lowest BCUT2D eigenvalue weighted by molar-refractivity contribution is -0.240. The van der Waals surface area contributed by atoms with Crippen molar-refractivity contribution in [3.8, 4) is 0 Å². The number of hydrogen-bond donors (Lipinski definition) is 1. The van der Waals surface area contributed by atoms with Crippen molar-refractivity contribution in [2.45, 2.75) is 151 Å². The number of aliphatic hydroxyl groups is 1. The van der Waals surface area contributed by atoms with E-state index in [0.29, 0.717) is 45.7 Å². The Bertz CT molecular complexity index is 956. The zero-order chi connectivity index (χ0) is 26.8. The van der Waals surface area contributed by atoms with E-state index in [4.69, 9.17) is 4.74 Å². The average molecular weight is 511 g/mol. The molecule has 1 N–H and O–H groups in total. The van der Waals surface area contributed by atoms with Crippen LogP contribution in [0.3, 0.4) is 0 Å². The third-order valence-corrected chi connectivity index (χ3v) is 14.8. The van der Waals surface area contributed by atoms with Crippen LogP contribution in [0.25, 0.3) is 0 Å². The Morgan fingerprint density at radius 1 is 0.919 bits per heavy atom. The van der Waals surface area contributed by atoms with Crippen molar-refractivity contribution in [1.29, 1.82) is 0 Å². The average Bonchev–Trinajstić information content (AvgIpc) is 3.38. The highest BCUT2D eigenvalue weighted by molar-refractivity contribution is 5.29. The van der Waals surface area contributed by atoms with Gasteiger partial charge >= 0.3 is 0 Å². The quantitative estimate of drug-likeness (QED) is 0.382. The molecule has 6 rings (SSSR count). The Labute approximate surface area is 228 Å². The van der Waals surface area contributed by atoms with Crippen LogP contribution >= 0.6 is 0 Å². The first-order valence-electron chi connectivity index (χ1n) is 16.2. The zero-order valence-electron chi connectivity index (χ0n) is 25.8. The molecule has 0 radical (unpaired) electrons. The van der Waals surface area contributed by atoms with Gasteiger partial charge in [0.1, 0.15) is 0 Å². The molecule has 6 aliphatic carbocycles. The third-order valence-electron chi connectivity index (χ3n) is 14.8. The monoisotopic (exact) mass is 510 g/mol. The van der Waals surface area contributed by atoms with E-state index in [1.165, 1.54) is 69.8 Å². The molecule has 0 aromatic rings. The Kier molecular flexibility index (Phi) is 5.89. The Hall–Kier alpha value is -0.340. The summed E-state index contributed by atoms with van der Waals surface area (Å²) in [6, 6.07) is 0. The first-order chi connectivity index (χ1) is 17.1. The molecule has 0 heterocycles. The Morgan fingerprint density at radius 3 is 2.32 bits per heavy atom. The van der Waals surface area contributed by atoms with Gasteiger partial charge in [-0.05, 0) is 162 Å². The summed E-state index contributed by atoms with van der Waals surface area (Å²) in [6.07, 6.45) is 17.8. The lowest BCUT2D eigenvalue weighted by atomic mass is 9.34. The largest absolute Gasteiger partial charge is 0.390 e. The van der Waals surface area contributed by atoms with Gasteiger partial charge in [-0.15, -0.1) is 0 Å². The normalized spacial score (nSPS) is 55.4. The first kappa shape index (κ1) is 26.9. The maximum absolute atomic E-state index is 12.2. The topological polar surface area (TPSA) is 29.5 Å². The predicted molar refractivity (Wildman–Crippen MR) is 153 cm³/mol. The van der Waals surface area contributed by atoms with Crippen molar-refractivity contribution < 1.29 is 9.84 Å². The van der Waals surface area contributed by atoms with E-state index < -0.39 is 5.60 Å². The van der Waals surface area contributed by atoms with Gasteiger partial charge in [-0.1, -0.05) is 39.3 Å². The summed E-state index contributed by atoms with van der Waals surface area (Å²) in [7, 11) is 0. The van der Waals surface area contributed by atoms with Gasteiger partial charge < -0.3 is 9.84 Å². The van der Waals surface area contributed by atoms with Crippen LogP contribution in [0.4, 0.5) is 0 Å². The van der Waals surface area contributed by atoms with E-state index in [1.54, 1.807) is 0 Å². The molecular weight excluding hydrogens is 452 g/mol. The van der Waals surface area contributed by atoms with Gasteiger partial charge in [-0.25, -0.2) is 0 Å². The maximum Gasteiger partial charge on any atom is 0.0687 e. The molecule has 2 spiro atoms. The van der Waals surface area contributed by atoms with E-state index >= 15 is 0 Å². The lowest BCUT2D eigenvalue weighted by Gasteiger charge is -2.70. The molecule has 0 amide bonds. The van der Waals surface area contributed by atoms with Crippen molar-refractivity contribution in [3.63, 3.8) is 0 Å². The molecule has 9 unspecified atom stereocenters. The second kappa shape index (κ2) is 8.11. The number of rotatable bonds is 4. The summed E-state index contributed by atoms with van der Waals surface area (Å²) < 4.78 is 6.56. The Balaban J connectivity index is 1.33. The summed E-state index contributed by atoms with van der Waals surface area (Å²) in [6.45, 7) is 21.7. The summed E-state index contributed by atoms with van der Waals surface area (Å²) >= 11 is 0. The summed E-state index contributed by atoms with van der Waals surface area (Å²) in [5, 5.41) is 12.2. The molecule has 6 aliphatic rings. The SMILES string of the molecule is CC(C)=CCC1CC23CCC4(C2)C(CCC2C4(C)CCC4C(C)(C)[C@@H](OC(C)C)CC[C@@]42C)C3C1(C)O.